The Hall–Kier alpha value is -1.30. The van der Waals surface area contributed by atoms with E-state index in [2.05, 4.69) is 24.3 Å². The van der Waals surface area contributed by atoms with Crippen LogP contribution in [0.1, 0.15) is 77.0 Å². The molecule has 11 heteroatoms. The van der Waals surface area contributed by atoms with E-state index in [4.69, 9.17) is 48.1 Å². The van der Waals surface area contributed by atoms with Gasteiger partial charge in [0.25, 0.3) is 0 Å². The Morgan fingerprint density at radius 2 is 1.49 bits per heavy atom. The smallest absolute Gasteiger partial charge is 0.661 e. The van der Waals surface area contributed by atoms with Crippen molar-refractivity contribution in [2.75, 3.05) is 13.1 Å². The number of nitrogens with zero attached hydrogens (tertiary/aromatic N) is 5. The molecule has 224 valence electrons. The predicted molar refractivity (Wildman–Crippen MR) is 149 cm³/mol. The van der Waals surface area contributed by atoms with Crippen LogP contribution in [0.3, 0.4) is 0 Å². The zero-order valence-corrected chi connectivity index (χ0v) is 23.8. The second kappa shape index (κ2) is 16.2. The van der Waals surface area contributed by atoms with Crippen LogP contribution in [0.2, 0.25) is 0 Å². The van der Waals surface area contributed by atoms with Crippen molar-refractivity contribution < 1.29 is 32.6 Å². The molecular weight excluding hydrogens is 546 g/mol. The zero-order chi connectivity index (χ0) is 26.9. The summed E-state index contributed by atoms with van der Waals surface area (Å²) in [5.74, 6) is 1.53. The molecule has 6 aliphatic rings. The molecule has 0 bridgehead atoms. The van der Waals surface area contributed by atoms with Crippen molar-refractivity contribution in [3.05, 3.63) is 61.6 Å². The standard InChI is InChI=1S/C14H25N3.C14H19N3.Cu.H2NO3/c2*15-14-11-6-2-1-5-10(11)9-13(17-14)12-7-3-4-8-16-12;;2-1(3)4/h10-14H,1-9,15H2;1-2,6,9,12-14H,3-5,7-8,15H2;;(H2,2,3,4)/q2*-2;2*+1. The molecule has 4 fully saturated rings. The molecule has 8 unspecified atom stereocenters. The van der Waals surface area contributed by atoms with Crippen molar-refractivity contribution in [1.82, 2.24) is 0 Å². The molecular formula is C28H46CuN7O3-2. The summed E-state index contributed by atoms with van der Waals surface area (Å²) in [4.78, 5) is 8.47. The first-order valence-electron chi connectivity index (χ1n) is 14.6. The fourth-order valence-corrected chi connectivity index (χ4v) is 6.93. The minimum Gasteiger partial charge on any atom is -0.661 e. The quantitative estimate of drug-likeness (QED) is 0.246. The van der Waals surface area contributed by atoms with Gasteiger partial charge in [0.2, 0.25) is 0 Å². The zero-order valence-electron chi connectivity index (χ0n) is 22.8. The third kappa shape index (κ3) is 9.36. The number of fused-ring (bicyclic) bond motifs is 2. The molecule has 0 aromatic rings. The largest absolute Gasteiger partial charge is 1.00 e. The van der Waals surface area contributed by atoms with Gasteiger partial charge in [-0.3, -0.25) is 0 Å². The van der Waals surface area contributed by atoms with Crippen LogP contribution >= 0.6 is 0 Å². The van der Waals surface area contributed by atoms with Gasteiger partial charge in [0.05, 0.1) is 0 Å². The van der Waals surface area contributed by atoms with E-state index in [9.17, 15) is 0 Å². The third-order valence-corrected chi connectivity index (χ3v) is 8.84. The Labute approximate surface area is 243 Å². The van der Waals surface area contributed by atoms with E-state index in [1.807, 2.05) is 0 Å². The number of piperidine rings is 3. The summed E-state index contributed by atoms with van der Waals surface area (Å²) in [5, 5.41) is 31.6. The van der Waals surface area contributed by atoms with Crippen LogP contribution < -0.4 is 11.5 Å². The van der Waals surface area contributed by atoms with Gasteiger partial charge in [0.15, 0.2) is 0 Å². The summed E-state index contributed by atoms with van der Waals surface area (Å²) in [7, 11) is 0. The van der Waals surface area contributed by atoms with Crippen LogP contribution in [0.25, 0.3) is 21.3 Å². The second-order valence-corrected chi connectivity index (χ2v) is 11.4. The minimum atomic E-state index is -1.25. The normalized spacial score (nSPS) is 37.5. The summed E-state index contributed by atoms with van der Waals surface area (Å²) in [6.45, 7) is 2.05. The molecule has 1 saturated carbocycles. The van der Waals surface area contributed by atoms with E-state index in [-0.39, 0.29) is 35.4 Å². The van der Waals surface area contributed by atoms with Crippen molar-refractivity contribution >= 4 is 0 Å². The van der Waals surface area contributed by atoms with Gasteiger partial charge in [-0.15, -0.1) is 25.2 Å². The van der Waals surface area contributed by atoms with Crippen LogP contribution in [0.5, 0.6) is 0 Å². The first-order valence-corrected chi connectivity index (χ1v) is 14.6. The van der Waals surface area contributed by atoms with Crippen molar-refractivity contribution in [2.24, 2.45) is 23.3 Å². The SMILES string of the molecule is NC1[N-]C(C2CCCC[N-]2)C=C2CC=CC=C21.NC1[N-]C(C2CCCC[N-]2)CC2CCCCC21.O=[N+](O)O.[Cu+]. The van der Waals surface area contributed by atoms with Crippen molar-refractivity contribution in [1.29, 1.82) is 0 Å². The number of hydrogen-bond acceptors (Lipinski definition) is 3. The summed E-state index contributed by atoms with van der Waals surface area (Å²) >= 11 is 0. The molecule has 4 heterocycles. The Morgan fingerprint density at radius 3 is 2.15 bits per heavy atom. The number of allylic oxidation sites excluding steroid dienone is 3. The maximum atomic E-state index is 8.47. The molecule has 0 amide bonds. The topological polar surface area (TPSA) is 169 Å². The Balaban J connectivity index is 0.000000186. The number of hydrogen-bond donors (Lipinski definition) is 4. The maximum Gasteiger partial charge on any atom is 1.00 e. The van der Waals surface area contributed by atoms with Gasteiger partial charge in [-0.05, 0) is 29.4 Å². The first kappa shape index (κ1) is 32.2. The Bertz CT molecular complexity index is 854. The third-order valence-electron chi connectivity index (χ3n) is 8.84. The van der Waals surface area contributed by atoms with Gasteiger partial charge >= 0.3 is 22.2 Å². The van der Waals surface area contributed by atoms with Crippen molar-refractivity contribution in [3.63, 3.8) is 0 Å². The second-order valence-electron chi connectivity index (χ2n) is 11.4. The molecule has 6 rings (SSSR count). The monoisotopic (exact) mass is 591 g/mol. The molecule has 0 aromatic heterocycles. The molecule has 4 aliphatic heterocycles. The molecule has 0 spiro atoms. The maximum absolute atomic E-state index is 8.47. The fourth-order valence-electron chi connectivity index (χ4n) is 6.93. The molecule has 10 nitrogen and oxygen atoms in total. The van der Waals surface area contributed by atoms with Gasteiger partial charge in [-0.2, -0.15) is 12.1 Å². The van der Waals surface area contributed by atoms with E-state index >= 15 is 0 Å². The molecule has 39 heavy (non-hydrogen) atoms. The molecule has 8 atom stereocenters. The van der Waals surface area contributed by atoms with Gasteiger partial charge < -0.3 is 32.7 Å². The van der Waals surface area contributed by atoms with E-state index in [1.54, 1.807) is 0 Å². The van der Waals surface area contributed by atoms with Crippen LogP contribution in [-0.2, 0) is 17.1 Å². The van der Waals surface area contributed by atoms with Crippen LogP contribution in [0, 0.1) is 16.7 Å². The van der Waals surface area contributed by atoms with Gasteiger partial charge in [0.1, 0.15) is 4.91 Å². The van der Waals surface area contributed by atoms with Crippen LogP contribution in [0.15, 0.2) is 35.5 Å². The average molecular weight is 592 g/mol. The van der Waals surface area contributed by atoms with E-state index < -0.39 is 5.09 Å². The van der Waals surface area contributed by atoms with Crippen molar-refractivity contribution in [2.45, 2.75) is 114 Å². The van der Waals surface area contributed by atoms with E-state index in [0.29, 0.717) is 24.0 Å². The van der Waals surface area contributed by atoms with Crippen molar-refractivity contribution in [3.8, 4) is 0 Å². The van der Waals surface area contributed by atoms with Gasteiger partial charge in [-0.25, -0.2) is 10.4 Å². The molecule has 3 saturated heterocycles. The Kier molecular flexibility index (Phi) is 13.4. The fraction of sp³-hybridized carbons (Fsp3) is 0.786. The summed E-state index contributed by atoms with van der Waals surface area (Å²) in [5.41, 5.74) is 15.0. The Morgan fingerprint density at radius 1 is 0.846 bits per heavy atom. The summed E-state index contributed by atoms with van der Waals surface area (Å²) in [6, 6.07) is 1.53. The summed E-state index contributed by atoms with van der Waals surface area (Å²) < 4.78 is 0. The first-order chi connectivity index (χ1) is 18.4. The number of rotatable bonds is 2. The van der Waals surface area contributed by atoms with Crippen LogP contribution in [0.4, 0.5) is 0 Å². The summed E-state index contributed by atoms with van der Waals surface area (Å²) in [6.07, 6.45) is 23.9. The van der Waals surface area contributed by atoms with E-state index in [0.717, 1.165) is 25.4 Å². The minimum absolute atomic E-state index is 0. The van der Waals surface area contributed by atoms with Gasteiger partial charge in [-0.1, -0.05) is 107 Å². The van der Waals surface area contributed by atoms with E-state index in [1.165, 1.54) is 81.8 Å². The van der Waals surface area contributed by atoms with Gasteiger partial charge in [0, 0.05) is 0 Å². The predicted octanol–water partition coefficient (Wildman–Crippen LogP) is 5.46. The molecule has 6 N–H and O–H groups in total. The van der Waals surface area contributed by atoms with Crippen LogP contribution in [-0.4, -0.2) is 65.1 Å². The molecule has 2 aliphatic carbocycles. The number of nitrogens with two attached hydrogens (primary N) is 2. The molecule has 0 radical (unpaired) electrons. The average Bonchev–Trinajstić information content (AvgIpc) is 2.94. The molecule has 0 aromatic carbocycles.